The van der Waals surface area contributed by atoms with Gasteiger partial charge in [0.25, 0.3) is 0 Å². The molecule has 1 aliphatic rings. The largest absolute Gasteiger partial charge is 0.377 e. The van der Waals surface area contributed by atoms with E-state index in [1.807, 2.05) is 18.2 Å². The fraction of sp³-hybridized carbons (Fsp3) is 0.545. The minimum absolute atomic E-state index is 0.0624. The van der Waals surface area contributed by atoms with E-state index in [1.54, 1.807) is 6.20 Å². The van der Waals surface area contributed by atoms with Gasteiger partial charge >= 0.3 is 0 Å². The molecule has 0 saturated carbocycles. The van der Waals surface area contributed by atoms with E-state index in [1.165, 1.54) is 0 Å². The first-order valence-corrected chi connectivity index (χ1v) is 5.45. The number of ether oxygens (including phenoxy) is 1. The summed E-state index contributed by atoms with van der Waals surface area (Å²) in [6, 6.07) is 5.91. The van der Waals surface area contributed by atoms with Gasteiger partial charge in [0.15, 0.2) is 0 Å². The lowest BCUT2D eigenvalue weighted by Gasteiger charge is -2.15. The van der Waals surface area contributed by atoms with Gasteiger partial charge in [0, 0.05) is 24.9 Å². The first-order valence-electron chi connectivity index (χ1n) is 5.02. The van der Waals surface area contributed by atoms with Crippen molar-refractivity contribution in [2.75, 3.05) is 6.61 Å². The van der Waals surface area contributed by atoms with Gasteiger partial charge in [-0.1, -0.05) is 6.07 Å². The average molecular weight is 212 g/mol. The van der Waals surface area contributed by atoms with E-state index in [9.17, 15) is 0 Å². The molecule has 2 heterocycles. The normalized spacial score (nSPS) is 23.6. The molecule has 2 unspecified atom stereocenters. The maximum atomic E-state index is 6.26. The second-order valence-electron chi connectivity index (χ2n) is 3.59. The van der Waals surface area contributed by atoms with E-state index in [0.29, 0.717) is 0 Å². The number of alkyl halides is 1. The molecular formula is C11H14ClNO. The average Bonchev–Trinajstić information content (AvgIpc) is 2.72. The van der Waals surface area contributed by atoms with Crippen LogP contribution in [0.1, 0.15) is 18.5 Å². The van der Waals surface area contributed by atoms with E-state index >= 15 is 0 Å². The molecule has 1 aromatic heterocycles. The summed E-state index contributed by atoms with van der Waals surface area (Å²) in [6.07, 6.45) is 5.04. The summed E-state index contributed by atoms with van der Waals surface area (Å²) in [4.78, 5) is 4.25. The van der Waals surface area contributed by atoms with Crippen LogP contribution < -0.4 is 0 Å². The summed E-state index contributed by atoms with van der Waals surface area (Å²) < 4.78 is 5.53. The van der Waals surface area contributed by atoms with Crippen molar-refractivity contribution < 1.29 is 4.74 Å². The quantitative estimate of drug-likeness (QED) is 0.717. The second kappa shape index (κ2) is 4.76. The summed E-state index contributed by atoms with van der Waals surface area (Å²) in [5, 5.41) is 0.0624. The molecule has 0 aliphatic carbocycles. The number of halogens is 1. The van der Waals surface area contributed by atoms with Crippen LogP contribution >= 0.6 is 11.6 Å². The molecule has 76 valence electrons. The first kappa shape index (κ1) is 9.94. The van der Waals surface area contributed by atoms with Crippen molar-refractivity contribution in [2.45, 2.75) is 30.7 Å². The summed E-state index contributed by atoms with van der Waals surface area (Å²) in [7, 11) is 0. The molecule has 0 amide bonds. The lowest BCUT2D eigenvalue weighted by atomic mass is 10.1. The van der Waals surface area contributed by atoms with Crippen LogP contribution in [0.5, 0.6) is 0 Å². The Morgan fingerprint density at radius 1 is 1.57 bits per heavy atom. The Labute approximate surface area is 89.3 Å². The van der Waals surface area contributed by atoms with E-state index in [-0.39, 0.29) is 11.5 Å². The van der Waals surface area contributed by atoms with Gasteiger partial charge in [-0.3, -0.25) is 4.98 Å². The minimum Gasteiger partial charge on any atom is -0.377 e. The highest BCUT2D eigenvalue weighted by Gasteiger charge is 2.24. The Bertz CT molecular complexity index is 272. The van der Waals surface area contributed by atoms with E-state index in [0.717, 1.165) is 31.6 Å². The Morgan fingerprint density at radius 3 is 3.14 bits per heavy atom. The molecule has 0 N–H and O–H groups in total. The van der Waals surface area contributed by atoms with Crippen molar-refractivity contribution >= 4 is 11.6 Å². The van der Waals surface area contributed by atoms with Gasteiger partial charge in [0.2, 0.25) is 0 Å². The van der Waals surface area contributed by atoms with Crippen molar-refractivity contribution in [1.82, 2.24) is 4.98 Å². The number of hydrogen-bond donors (Lipinski definition) is 0. The molecule has 0 spiro atoms. The molecule has 1 aliphatic heterocycles. The van der Waals surface area contributed by atoms with Crippen molar-refractivity contribution in [2.24, 2.45) is 0 Å². The van der Waals surface area contributed by atoms with Gasteiger partial charge in [-0.15, -0.1) is 11.6 Å². The molecule has 1 aromatic rings. The molecule has 14 heavy (non-hydrogen) atoms. The van der Waals surface area contributed by atoms with Crippen molar-refractivity contribution in [1.29, 1.82) is 0 Å². The molecule has 2 nitrogen and oxygen atoms in total. The van der Waals surface area contributed by atoms with Gasteiger partial charge in [0.1, 0.15) is 0 Å². The highest BCUT2D eigenvalue weighted by Crippen LogP contribution is 2.21. The lowest BCUT2D eigenvalue weighted by Crippen LogP contribution is -2.22. The predicted octanol–water partition coefficient (Wildman–Crippen LogP) is 2.41. The number of aromatic nitrogens is 1. The predicted molar refractivity (Wildman–Crippen MR) is 56.6 cm³/mol. The lowest BCUT2D eigenvalue weighted by molar-refractivity contribution is 0.107. The van der Waals surface area contributed by atoms with Gasteiger partial charge < -0.3 is 4.74 Å². The van der Waals surface area contributed by atoms with Crippen LogP contribution in [0.3, 0.4) is 0 Å². The Kier molecular flexibility index (Phi) is 3.38. The third kappa shape index (κ3) is 2.46. The molecule has 0 aromatic carbocycles. The maximum Gasteiger partial charge on any atom is 0.0743 e. The van der Waals surface area contributed by atoms with Gasteiger partial charge in [-0.2, -0.15) is 0 Å². The van der Waals surface area contributed by atoms with E-state index in [4.69, 9.17) is 16.3 Å². The topological polar surface area (TPSA) is 22.1 Å². The van der Waals surface area contributed by atoms with E-state index in [2.05, 4.69) is 4.98 Å². The Morgan fingerprint density at radius 2 is 2.50 bits per heavy atom. The first-order chi connectivity index (χ1) is 6.86. The van der Waals surface area contributed by atoms with Crippen molar-refractivity contribution in [3.8, 4) is 0 Å². The van der Waals surface area contributed by atoms with Crippen LogP contribution in [0.2, 0.25) is 0 Å². The molecular weight excluding hydrogens is 198 g/mol. The number of rotatable bonds is 3. The Balaban J connectivity index is 1.90. The van der Waals surface area contributed by atoms with Gasteiger partial charge in [0.05, 0.1) is 11.5 Å². The van der Waals surface area contributed by atoms with Crippen LogP contribution in [0.25, 0.3) is 0 Å². The number of pyridine rings is 1. The summed E-state index contributed by atoms with van der Waals surface area (Å²) in [5.74, 6) is 0. The zero-order valence-corrected chi connectivity index (χ0v) is 8.78. The highest BCUT2D eigenvalue weighted by molar-refractivity contribution is 6.21. The molecule has 0 bridgehead atoms. The smallest absolute Gasteiger partial charge is 0.0743 e. The zero-order valence-electron chi connectivity index (χ0n) is 8.03. The SMILES string of the molecule is ClC(Cc1ccccn1)C1CCCO1. The standard InChI is InChI=1S/C11H14ClNO/c12-10(11-5-3-7-14-11)8-9-4-1-2-6-13-9/h1-2,4,6,10-11H,3,5,7-8H2. The summed E-state index contributed by atoms with van der Waals surface area (Å²) in [5.41, 5.74) is 1.04. The van der Waals surface area contributed by atoms with Crippen LogP contribution in [0.15, 0.2) is 24.4 Å². The molecule has 0 radical (unpaired) electrons. The van der Waals surface area contributed by atoms with Crippen LogP contribution in [-0.4, -0.2) is 23.1 Å². The zero-order chi connectivity index (χ0) is 9.80. The number of hydrogen-bond acceptors (Lipinski definition) is 2. The van der Waals surface area contributed by atoms with Crippen molar-refractivity contribution in [3.05, 3.63) is 30.1 Å². The minimum atomic E-state index is 0.0624. The molecule has 2 rings (SSSR count). The maximum absolute atomic E-state index is 6.26. The second-order valence-corrected chi connectivity index (χ2v) is 4.15. The van der Waals surface area contributed by atoms with Crippen LogP contribution in [-0.2, 0) is 11.2 Å². The molecule has 2 atom stereocenters. The molecule has 1 fully saturated rings. The fourth-order valence-corrected chi connectivity index (χ4v) is 2.09. The van der Waals surface area contributed by atoms with E-state index < -0.39 is 0 Å². The molecule has 3 heteroatoms. The third-order valence-corrected chi connectivity index (χ3v) is 2.93. The highest BCUT2D eigenvalue weighted by atomic mass is 35.5. The fourth-order valence-electron chi connectivity index (χ4n) is 1.74. The third-order valence-electron chi connectivity index (χ3n) is 2.50. The van der Waals surface area contributed by atoms with Crippen LogP contribution in [0, 0.1) is 0 Å². The molecule has 1 saturated heterocycles. The van der Waals surface area contributed by atoms with Crippen molar-refractivity contribution in [3.63, 3.8) is 0 Å². The summed E-state index contributed by atoms with van der Waals surface area (Å²) in [6.45, 7) is 0.857. The summed E-state index contributed by atoms with van der Waals surface area (Å²) >= 11 is 6.26. The van der Waals surface area contributed by atoms with Gasteiger partial charge in [-0.25, -0.2) is 0 Å². The van der Waals surface area contributed by atoms with Crippen LogP contribution in [0.4, 0.5) is 0 Å². The monoisotopic (exact) mass is 211 g/mol. The number of nitrogens with zero attached hydrogens (tertiary/aromatic N) is 1. The van der Waals surface area contributed by atoms with Gasteiger partial charge in [-0.05, 0) is 25.0 Å². The Hall–Kier alpha value is -0.600.